The average molecular weight is 471 g/mol. The molecule has 9 heteroatoms. The Morgan fingerprint density at radius 3 is 2.78 bits per heavy atom. The SMILES string of the molecule is CCOC(=O)c1c(NC(=S)NC(=O)c2cc3ccccc3oc2=O)sc2c1CCCCC2. The van der Waals surface area contributed by atoms with Crippen molar-refractivity contribution in [2.75, 3.05) is 11.9 Å². The quantitative estimate of drug-likeness (QED) is 0.252. The van der Waals surface area contributed by atoms with E-state index in [2.05, 4.69) is 10.6 Å². The van der Waals surface area contributed by atoms with Crippen molar-refractivity contribution < 1.29 is 18.7 Å². The van der Waals surface area contributed by atoms with Crippen molar-refractivity contribution in [1.29, 1.82) is 0 Å². The minimum absolute atomic E-state index is 0.00971. The second kappa shape index (κ2) is 9.62. The fraction of sp³-hybridized carbons (Fsp3) is 0.304. The number of amides is 1. The van der Waals surface area contributed by atoms with Crippen molar-refractivity contribution in [3.8, 4) is 0 Å². The van der Waals surface area contributed by atoms with E-state index in [0.717, 1.165) is 42.5 Å². The van der Waals surface area contributed by atoms with E-state index < -0.39 is 17.5 Å². The molecule has 1 aromatic carbocycles. The molecule has 0 spiro atoms. The fourth-order valence-electron chi connectivity index (χ4n) is 3.77. The van der Waals surface area contributed by atoms with Crippen LogP contribution in [0.4, 0.5) is 5.00 Å². The van der Waals surface area contributed by atoms with Crippen molar-refractivity contribution in [3.63, 3.8) is 0 Å². The number of hydrogen-bond acceptors (Lipinski definition) is 7. The van der Waals surface area contributed by atoms with Gasteiger partial charge in [-0.15, -0.1) is 11.3 Å². The maximum Gasteiger partial charge on any atom is 0.349 e. The van der Waals surface area contributed by atoms with Crippen LogP contribution in [0, 0.1) is 0 Å². The lowest BCUT2D eigenvalue weighted by atomic mass is 10.1. The molecule has 1 aliphatic rings. The number of esters is 1. The lowest BCUT2D eigenvalue weighted by Crippen LogP contribution is -2.36. The van der Waals surface area contributed by atoms with Gasteiger partial charge in [-0.2, -0.15) is 0 Å². The molecule has 4 rings (SSSR count). The Labute approximate surface area is 193 Å². The van der Waals surface area contributed by atoms with Crippen LogP contribution < -0.4 is 16.3 Å². The van der Waals surface area contributed by atoms with Gasteiger partial charge in [-0.3, -0.25) is 10.1 Å². The molecule has 0 unspecified atom stereocenters. The molecule has 2 N–H and O–H groups in total. The van der Waals surface area contributed by atoms with Gasteiger partial charge >= 0.3 is 11.6 Å². The first-order valence-corrected chi connectivity index (χ1v) is 11.7. The van der Waals surface area contributed by atoms with E-state index >= 15 is 0 Å². The first kappa shape index (κ1) is 22.2. The van der Waals surface area contributed by atoms with E-state index in [1.807, 2.05) is 0 Å². The summed E-state index contributed by atoms with van der Waals surface area (Å²) in [6.45, 7) is 2.03. The van der Waals surface area contributed by atoms with E-state index in [1.54, 1.807) is 31.2 Å². The third-order valence-electron chi connectivity index (χ3n) is 5.24. The number of carbonyl (C=O) groups is 2. The number of rotatable bonds is 4. The highest BCUT2D eigenvalue weighted by molar-refractivity contribution is 7.80. The predicted molar refractivity (Wildman–Crippen MR) is 128 cm³/mol. The standard InChI is InChI=1S/C23H22N2O5S2/c1-2-29-22(28)18-14-9-4-3-5-11-17(14)32-20(18)25-23(31)24-19(26)15-12-13-8-6-7-10-16(13)30-21(15)27/h6-8,10,12H,2-5,9,11H2,1H3,(H2,24,25,26,31). The minimum atomic E-state index is -0.751. The number of nitrogens with one attached hydrogen (secondary N) is 2. The fourth-order valence-corrected chi connectivity index (χ4v) is 5.32. The van der Waals surface area contributed by atoms with E-state index in [1.165, 1.54) is 17.4 Å². The number of carbonyl (C=O) groups excluding carboxylic acids is 2. The van der Waals surface area contributed by atoms with Crippen molar-refractivity contribution >= 4 is 56.5 Å². The lowest BCUT2D eigenvalue weighted by Gasteiger charge is -2.11. The van der Waals surface area contributed by atoms with Gasteiger partial charge in [0.25, 0.3) is 5.91 Å². The van der Waals surface area contributed by atoms with Crippen LogP contribution in [0.2, 0.25) is 0 Å². The summed E-state index contributed by atoms with van der Waals surface area (Å²) in [6.07, 6.45) is 4.89. The highest BCUT2D eigenvalue weighted by Crippen LogP contribution is 2.38. The average Bonchev–Trinajstić information content (AvgIpc) is 2.93. The van der Waals surface area contributed by atoms with Gasteiger partial charge in [-0.05, 0) is 62.5 Å². The second-order valence-electron chi connectivity index (χ2n) is 7.38. The Bertz CT molecular complexity index is 1260. The van der Waals surface area contributed by atoms with Gasteiger partial charge in [0, 0.05) is 10.3 Å². The Kier molecular flexibility index (Phi) is 6.66. The molecule has 0 fully saturated rings. The number of hydrogen-bond donors (Lipinski definition) is 2. The van der Waals surface area contributed by atoms with E-state index in [0.29, 0.717) is 21.5 Å². The van der Waals surface area contributed by atoms with Gasteiger partial charge in [-0.1, -0.05) is 24.6 Å². The van der Waals surface area contributed by atoms with Crippen LogP contribution in [0.5, 0.6) is 0 Å². The van der Waals surface area contributed by atoms with Crippen molar-refractivity contribution in [2.45, 2.75) is 39.0 Å². The number of para-hydroxylation sites is 1. The van der Waals surface area contributed by atoms with Gasteiger partial charge in [0.2, 0.25) is 0 Å². The molecule has 7 nitrogen and oxygen atoms in total. The molecule has 0 saturated heterocycles. The van der Waals surface area contributed by atoms with Crippen LogP contribution in [0.15, 0.2) is 39.5 Å². The van der Waals surface area contributed by atoms with Gasteiger partial charge in [0.05, 0.1) is 12.2 Å². The van der Waals surface area contributed by atoms with Crippen LogP contribution in [0.3, 0.4) is 0 Å². The number of benzene rings is 1. The zero-order valence-electron chi connectivity index (χ0n) is 17.5. The summed E-state index contributed by atoms with van der Waals surface area (Å²) < 4.78 is 10.5. The summed E-state index contributed by atoms with van der Waals surface area (Å²) >= 11 is 6.76. The Morgan fingerprint density at radius 1 is 1.19 bits per heavy atom. The zero-order valence-corrected chi connectivity index (χ0v) is 19.1. The number of anilines is 1. The number of thiophene rings is 1. The molecule has 32 heavy (non-hydrogen) atoms. The van der Waals surface area contributed by atoms with E-state index in [9.17, 15) is 14.4 Å². The third kappa shape index (κ3) is 4.58. The molecule has 2 heterocycles. The van der Waals surface area contributed by atoms with Crippen LogP contribution >= 0.6 is 23.6 Å². The number of aryl methyl sites for hydroxylation is 1. The Hall–Kier alpha value is -3.04. The van der Waals surface area contributed by atoms with Crippen molar-refractivity contribution in [3.05, 3.63) is 62.3 Å². The van der Waals surface area contributed by atoms with Crippen LogP contribution in [0.25, 0.3) is 11.0 Å². The van der Waals surface area contributed by atoms with Gasteiger partial charge in [-0.25, -0.2) is 9.59 Å². The Morgan fingerprint density at radius 2 is 1.97 bits per heavy atom. The number of thiocarbonyl (C=S) groups is 1. The predicted octanol–water partition coefficient (Wildman–Crippen LogP) is 4.43. The smallest absolute Gasteiger partial charge is 0.349 e. The molecule has 0 atom stereocenters. The second-order valence-corrected chi connectivity index (χ2v) is 8.90. The zero-order chi connectivity index (χ0) is 22.7. The normalized spacial score (nSPS) is 13.2. The Balaban J connectivity index is 1.56. The van der Waals surface area contributed by atoms with Gasteiger partial charge < -0.3 is 14.5 Å². The first-order chi connectivity index (χ1) is 15.5. The largest absolute Gasteiger partial charge is 0.462 e. The van der Waals surface area contributed by atoms with Crippen LogP contribution in [-0.4, -0.2) is 23.6 Å². The molecule has 0 radical (unpaired) electrons. The summed E-state index contributed by atoms with van der Waals surface area (Å²) in [5.74, 6) is -1.09. The maximum atomic E-state index is 12.7. The maximum absolute atomic E-state index is 12.7. The lowest BCUT2D eigenvalue weighted by molar-refractivity contribution is 0.0526. The molecule has 2 aromatic heterocycles. The summed E-state index contributed by atoms with van der Waals surface area (Å²) in [7, 11) is 0. The topological polar surface area (TPSA) is 97.6 Å². The van der Waals surface area contributed by atoms with Crippen molar-refractivity contribution in [1.82, 2.24) is 5.32 Å². The first-order valence-electron chi connectivity index (χ1n) is 10.4. The van der Waals surface area contributed by atoms with Gasteiger partial charge in [0.1, 0.15) is 16.1 Å². The molecular weight excluding hydrogens is 448 g/mol. The molecular formula is C23H22N2O5S2. The van der Waals surface area contributed by atoms with Crippen LogP contribution in [-0.2, 0) is 17.6 Å². The summed E-state index contributed by atoms with van der Waals surface area (Å²) in [5, 5.41) is 6.65. The molecule has 0 bridgehead atoms. The minimum Gasteiger partial charge on any atom is -0.462 e. The number of ether oxygens (including phenoxy) is 1. The highest BCUT2D eigenvalue weighted by Gasteiger charge is 2.26. The molecule has 1 aliphatic carbocycles. The van der Waals surface area contributed by atoms with E-state index in [4.69, 9.17) is 21.4 Å². The summed E-state index contributed by atoms with van der Waals surface area (Å²) in [4.78, 5) is 38.7. The molecule has 3 aromatic rings. The van der Waals surface area contributed by atoms with Gasteiger partial charge in [0.15, 0.2) is 5.11 Å². The monoisotopic (exact) mass is 470 g/mol. The summed E-state index contributed by atoms with van der Waals surface area (Å²) in [6, 6.07) is 8.40. The highest BCUT2D eigenvalue weighted by atomic mass is 32.1. The molecule has 0 saturated carbocycles. The molecule has 1 amide bonds. The third-order valence-corrected chi connectivity index (χ3v) is 6.65. The number of fused-ring (bicyclic) bond motifs is 2. The summed E-state index contributed by atoms with van der Waals surface area (Å²) in [5.41, 5.74) is 0.974. The molecule has 166 valence electrons. The van der Waals surface area contributed by atoms with Crippen LogP contribution in [0.1, 0.15) is 57.3 Å². The van der Waals surface area contributed by atoms with Crippen molar-refractivity contribution in [2.24, 2.45) is 0 Å². The van der Waals surface area contributed by atoms with E-state index in [-0.39, 0.29) is 17.3 Å². The molecule has 0 aliphatic heterocycles.